The molecule has 0 saturated carbocycles. The molecule has 0 bridgehead atoms. The van der Waals surface area contributed by atoms with Crippen LogP contribution in [0.3, 0.4) is 0 Å². The molecule has 0 spiro atoms. The van der Waals surface area contributed by atoms with Gasteiger partial charge in [0.25, 0.3) is 0 Å². The van der Waals surface area contributed by atoms with Crippen molar-refractivity contribution in [2.75, 3.05) is 103 Å². The topological polar surface area (TPSA) is 698 Å². The fourth-order valence-electron chi connectivity index (χ4n) is 17.2. The Bertz CT molecular complexity index is 5720. The number of carboxylic acids is 4. The number of amides is 15. The van der Waals surface area contributed by atoms with Gasteiger partial charge in [-0.25, -0.2) is 4.98 Å². The molecule has 0 radical (unpaired) electrons. The van der Waals surface area contributed by atoms with Crippen molar-refractivity contribution in [3.8, 4) is 0 Å². The molecule has 15 atom stereocenters. The van der Waals surface area contributed by atoms with E-state index >= 15 is 43.2 Å². The van der Waals surface area contributed by atoms with Gasteiger partial charge in [0.1, 0.15) is 72.5 Å². The van der Waals surface area contributed by atoms with Crippen LogP contribution in [-0.4, -0.2) is 364 Å². The van der Waals surface area contributed by atoms with Gasteiger partial charge in [-0.15, -0.1) is 0 Å². The number of rotatable bonds is 39. The molecule has 24 N–H and O–H groups in total. The van der Waals surface area contributed by atoms with E-state index in [1.165, 1.54) is 38.2 Å². The second-order valence-corrected chi connectivity index (χ2v) is 38.7. The predicted octanol–water partition coefficient (Wildman–Crippen LogP) is -3.19. The van der Waals surface area contributed by atoms with Gasteiger partial charge in [-0.05, 0) is 84.5 Å². The number of likely N-dealkylation sites (tertiary alicyclic amines) is 1. The Hall–Kier alpha value is -14.1. The summed E-state index contributed by atoms with van der Waals surface area (Å²) in [6, 6.07) is 5.21. The van der Waals surface area contributed by atoms with Crippen LogP contribution in [0.15, 0.2) is 116 Å². The van der Waals surface area contributed by atoms with E-state index in [0.29, 0.717) is 71.9 Å². The minimum absolute atomic E-state index is 0.0190. The zero-order valence-corrected chi connectivity index (χ0v) is 82.0. The van der Waals surface area contributed by atoms with Crippen molar-refractivity contribution >= 4 is 167 Å². The van der Waals surface area contributed by atoms with Gasteiger partial charge in [0.05, 0.1) is 50.9 Å². The highest BCUT2D eigenvalue weighted by Crippen LogP contribution is 2.28. The van der Waals surface area contributed by atoms with Gasteiger partial charge in [-0.3, -0.25) is 111 Å². The highest BCUT2D eigenvalue weighted by Gasteiger charge is 2.43. The molecule has 6 heterocycles. The molecule has 778 valence electrons. The number of imidazole rings is 1. The fraction of sp³-hybridized carbons (Fsp3) is 0.495. The molecule has 0 aliphatic carbocycles. The Morgan fingerprint density at radius 1 is 0.528 bits per heavy atom. The molecule has 7 aromatic rings. The third-order valence-corrected chi connectivity index (χ3v) is 27.8. The number of aromatic amines is 3. The van der Waals surface area contributed by atoms with Crippen molar-refractivity contribution < 1.29 is 117 Å². The number of H-pyrrole nitrogens is 3. The number of hydrogen-bond acceptors (Lipinski definition) is 27. The van der Waals surface area contributed by atoms with Crippen LogP contribution in [0.5, 0.6) is 0 Å². The summed E-state index contributed by atoms with van der Waals surface area (Å²) in [5.41, 5.74) is 14.9. The summed E-state index contributed by atoms with van der Waals surface area (Å²) >= 11 is 0. The molecule has 3 aromatic heterocycles. The molecule has 1 unspecified atom stereocenters. The van der Waals surface area contributed by atoms with Crippen LogP contribution >= 0.6 is 21.6 Å². The van der Waals surface area contributed by atoms with E-state index in [4.69, 9.17) is 11.5 Å². The zero-order chi connectivity index (χ0) is 105. The average Bonchev–Trinajstić information content (AvgIpc) is 1.66. The summed E-state index contributed by atoms with van der Waals surface area (Å²) in [5.74, 6) is -24.8. The Morgan fingerprint density at radius 2 is 1.06 bits per heavy atom. The number of aliphatic hydroxyl groups excluding tert-OH is 1. The molecule has 3 saturated heterocycles. The molecule has 15 amide bonds. The Kier molecular flexibility index (Phi) is 42.2. The van der Waals surface area contributed by atoms with Gasteiger partial charge < -0.3 is 121 Å². The highest BCUT2D eigenvalue weighted by atomic mass is 33.1. The van der Waals surface area contributed by atoms with Gasteiger partial charge in [-0.1, -0.05) is 128 Å². The number of nitrogens with two attached hydrogens (primary N) is 2. The Morgan fingerprint density at radius 3 is 1.60 bits per heavy atom. The molecule has 144 heavy (non-hydrogen) atoms. The second kappa shape index (κ2) is 54.4. The number of primary amides is 2. The molecular weight excluding hydrogens is 1910 g/mol. The van der Waals surface area contributed by atoms with Crippen LogP contribution < -0.4 is 75.3 Å². The SMILES string of the molecule is CC[C@H](C)[C@H](NC(=O)[C@@H](NC(=O)[C@H](Cc1c[nH]c2ccccc12)NC(C)=O)[C@@H](C)O)C(=O)N[C@H]1CSSC[C@@H](C(=O)N[C@@H](Cc2c[nH]c3ccccc23)C(=O)N2CCC[C@H]2C(N)=O)NC(=O)[C@H](CC(=O)O)NC(=O)[C@H](Cc2cnc[nH]2)NC(=O)[C@H](Cc2ccc3ccccc3c2)NC(=O)[C@H](CCCCNC(=O)CN2CCN(CC(=O)O)CCN(CC(=O)O)CCN(CC(=O)O)CC2)NC(=O)[C@H](C(C)C(N)=O)NC1=O. The summed E-state index contributed by atoms with van der Waals surface area (Å²) in [4.78, 5) is 292. The summed E-state index contributed by atoms with van der Waals surface area (Å²) in [6.45, 7) is 5.76. The second-order valence-electron chi connectivity index (χ2n) is 36.1. The van der Waals surface area contributed by atoms with E-state index in [1.54, 1.807) is 124 Å². The largest absolute Gasteiger partial charge is 0.481 e. The maximum Gasteiger partial charge on any atom is 0.317 e. The van der Waals surface area contributed by atoms with Crippen molar-refractivity contribution in [3.63, 3.8) is 0 Å². The van der Waals surface area contributed by atoms with Crippen molar-refractivity contribution in [2.24, 2.45) is 23.3 Å². The minimum atomic E-state index is -2.14. The Balaban J connectivity index is 1.02. The zero-order valence-electron chi connectivity index (χ0n) is 80.4. The minimum Gasteiger partial charge on any atom is -0.481 e. The lowest BCUT2D eigenvalue weighted by atomic mass is 9.96. The number of aliphatic hydroxyl groups is 1. The lowest BCUT2D eigenvalue weighted by Crippen LogP contribution is -2.63. The van der Waals surface area contributed by atoms with Crippen molar-refractivity contribution in [1.82, 2.24) is 108 Å². The fourth-order valence-corrected chi connectivity index (χ4v) is 19.5. The third kappa shape index (κ3) is 33.5. The molecule has 3 fully saturated rings. The molecule has 3 aliphatic heterocycles. The molecule has 3 aliphatic rings. The summed E-state index contributed by atoms with van der Waals surface area (Å²) in [7, 11) is 1.42. The normalized spacial score (nSPS) is 21.2. The number of benzene rings is 4. The first-order valence-electron chi connectivity index (χ1n) is 47.4. The number of fused-ring (bicyclic) bond motifs is 3. The molecule has 4 aromatic carbocycles. The van der Waals surface area contributed by atoms with Crippen LogP contribution in [0.4, 0.5) is 0 Å². The third-order valence-electron chi connectivity index (χ3n) is 25.3. The highest BCUT2D eigenvalue weighted by molar-refractivity contribution is 8.76. The number of carbonyl (C=O) groups excluding carboxylic acids is 15. The van der Waals surface area contributed by atoms with Crippen molar-refractivity contribution in [1.29, 1.82) is 0 Å². The van der Waals surface area contributed by atoms with Crippen LogP contribution in [-0.2, 0) is 117 Å². The van der Waals surface area contributed by atoms with Gasteiger partial charge >= 0.3 is 23.9 Å². The number of nitrogens with one attached hydrogen (secondary N) is 15. The van der Waals surface area contributed by atoms with Crippen LogP contribution in [0, 0.1) is 11.8 Å². The summed E-state index contributed by atoms with van der Waals surface area (Å²) < 4.78 is 0. The maximum atomic E-state index is 15.8. The van der Waals surface area contributed by atoms with Crippen LogP contribution in [0.25, 0.3) is 32.6 Å². The molecular formula is C95H127N23O24S2. The first-order chi connectivity index (χ1) is 68.7. The van der Waals surface area contributed by atoms with Gasteiger partial charge in [-0.2, -0.15) is 0 Å². The monoisotopic (exact) mass is 2040 g/mol. The number of aromatic nitrogens is 4. The number of hydrogen-bond donors (Lipinski definition) is 22. The number of nitrogens with zero attached hydrogens (tertiary/aromatic N) is 6. The molecule has 49 heteroatoms. The van der Waals surface area contributed by atoms with E-state index in [1.807, 2.05) is 6.07 Å². The number of para-hydroxylation sites is 2. The number of unbranched alkanes of at least 4 members (excludes halogenated alkanes) is 1. The first-order valence-corrected chi connectivity index (χ1v) is 49.9. The average molecular weight is 2040 g/mol. The van der Waals surface area contributed by atoms with E-state index in [0.717, 1.165) is 12.3 Å². The van der Waals surface area contributed by atoms with Gasteiger partial charge in [0.2, 0.25) is 88.6 Å². The van der Waals surface area contributed by atoms with Crippen LogP contribution in [0.1, 0.15) is 102 Å². The van der Waals surface area contributed by atoms with E-state index < -0.39 is 253 Å². The smallest absolute Gasteiger partial charge is 0.317 e. The maximum absolute atomic E-state index is 15.8. The van der Waals surface area contributed by atoms with E-state index in [-0.39, 0.29) is 123 Å². The first kappa shape index (κ1) is 112. The number of carbonyl (C=O) groups is 19. The molecule has 10 rings (SSSR count). The van der Waals surface area contributed by atoms with E-state index in [9.17, 15) is 73.5 Å². The standard InChI is InChI=1S/C95H127N23O24S2/c1-6-52(2)80(111-94(141)82(54(4)119)113-89(136)68(103-55(5)120)38-59-42-100-64-20-11-9-18-62(59)64)92(139)110-73-50-144-143-49-72(90(137)108-71(95(142)118-27-15-23-74(118)84(97)131)39-60-43-101-65-21-12-10-19-63(60)65)109-88(135)70(41-76(122)123)107-87(134)69(40-61-44-98-51-102-61)106-86(133)67(37-56-24-25-57-16-7-8-17-58(57)36-56)105-85(132)66(104-93(140)81(112-91(73)138)53(3)83(96)130)22-13-14-26-99-75(121)45-114-28-30-115(46-77(124)125)32-34-117(48-79(128)129)35-33-116(31-29-114)47-78(126)127/h7-12,16-21,24-25,36,42-44,51-54,66-74,80-82,100-101,119H,6,13-15,22-23,26-35,37-41,45-50H2,1-5H3,(H2,96,130)(H2,97,131)(H,98,102)(H,99,121)(H,103,120)(H,104,140)(H,105,132)(H,106,133)(H,107,134)(H,108,137)(H,109,135)(H,110,139)(H,111,141)(H,112,138)(H,113,136)(H,122,123)(H,124,125)(H,126,127)(H,128,129)/t52-,53?,54+,66-,67-,68-,69-,70-,71-,72-,73-,74-,80-,81-,82-/m0/s1. The van der Waals surface area contributed by atoms with E-state index in [2.05, 4.69) is 83.7 Å². The van der Waals surface area contributed by atoms with Crippen LogP contribution in [0.2, 0.25) is 0 Å². The summed E-state index contributed by atoms with van der Waals surface area (Å²) in [6.07, 6.45) is 1.76. The quantitative estimate of drug-likeness (QED) is 0.0133. The lowest BCUT2D eigenvalue weighted by Gasteiger charge is -2.32. The summed E-state index contributed by atoms with van der Waals surface area (Å²) in [5, 5.41) is 85.5. The van der Waals surface area contributed by atoms with Crippen molar-refractivity contribution in [3.05, 3.63) is 138 Å². The van der Waals surface area contributed by atoms with Gasteiger partial charge in [0, 0.05) is 156 Å². The molecule has 47 nitrogen and oxygen atoms in total. The number of aliphatic carboxylic acids is 4. The lowest BCUT2D eigenvalue weighted by molar-refractivity contribution is -0.142. The van der Waals surface area contributed by atoms with Gasteiger partial charge in [0.15, 0.2) is 0 Å². The number of carboxylic acid groups (broad SMARTS) is 4. The Labute approximate surface area is 835 Å². The predicted molar refractivity (Wildman–Crippen MR) is 527 cm³/mol. The van der Waals surface area contributed by atoms with Crippen molar-refractivity contribution in [2.45, 2.75) is 184 Å².